The minimum atomic E-state index is -1.65. The molecule has 0 bridgehead atoms. The van der Waals surface area contributed by atoms with Gasteiger partial charge < -0.3 is 10.1 Å². The molecule has 2 aromatic rings. The van der Waals surface area contributed by atoms with Gasteiger partial charge in [-0.25, -0.2) is 18.2 Å². The van der Waals surface area contributed by atoms with Crippen LogP contribution in [0.2, 0.25) is 0 Å². The Hall–Kier alpha value is -2.57. The number of aromatic nitrogens is 1. The van der Waals surface area contributed by atoms with Crippen molar-refractivity contribution < 1.29 is 22.7 Å². The van der Waals surface area contributed by atoms with Crippen LogP contribution in [0.3, 0.4) is 0 Å². The van der Waals surface area contributed by atoms with E-state index in [1.165, 1.54) is 25.4 Å². The van der Waals surface area contributed by atoms with Crippen molar-refractivity contribution >= 4 is 11.6 Å². The number of ether oxygens (including phenoxy) is 1. The number of carbonyl (C=O) groups is 1. The number of anilines is 1. The predicted octanol–water partition coefficient (Wildman–Crippen LogP) is 2.76. The van der Waals surface area contributed by atoms with Crippen molar-refractivity contribution in [2.75, 3.05) is 12.4 Å². The highest BCUT2D eigenvalue weighted by molar-refractivity contribution is 6.05. The molecule has 1 amide bonds. The molecule has 0 unspecified atom stereocenters. The highest BCUT2D eigenvalue weighted by Crippen LogP contribution is 2.21. The summed E-state index contributed by atoms with van der Waals surface area (Å²) in [6.07, 6.45) is 1.41. The van der Waals surface area contributed by atoms with E-state index in [0.717, 1.165) is 6.07 Å². The Kier molecular flexibility index (Phi) is 3.88. The third-order valence-electron chi connectivity index (χ3n) is 2.49. The molecule has 0 aliphatic rings. The van der Waals surface area contributed by atoms with Gasteiger partial charge in [-0.2, -0.15) is 0 Å². The molecule has 0 radical (unpaired) electrons. The van der Waals surface area contributed by atoms with Crippen molar-refractivity contribution in [2.45, 2.75) is 0 Å². The zero-order valence-corrected chi connectivity index (χ0v) is 10.3. The number of halogens is 3. The number of pyridine rings is 1. The molecule has 4 nitrogen and oxygen atoms in total. The van der Waals surface area contributed by atoms with Crippen molar-refractivity contribution in [3.63, 3.8) is 0 Å². The highest BCUT2D eigenvalue weighted by Gasteiger charge is 2.18. The molecule has 0 saturated heterocycles. The summed E-state index contributed by atoms with van der Waals surface area (Å²) in [4.78, 5) is 15.7. The van der Waals surface area contributed by atoms with Crippen molar-refractivity contribution in [1.29, 1.82) is 0 Å². The van der Waals surface area contributed by atoms with E-state index >= 15 is 0 Å². The third-order valence-corrected chi connectivity index (χ3v) is 2.49. The summed E-state index contributed by atoms with van der Waals surface area (Å²) in [5.41, 5.74) is -0.432. The molecule has 0 aliphatic heterocycles. The van der Waals surface area contributed by atoms with Crippen molar-refractivity contribution in [3.05, 3.63) is 53.5 Å². The Morgan fingerprint density at radius 3 is 2.65 bits per heavy atom. The first-order valence-corrected chi connectivity index (χ1v) is 5.48. The number of nitrogens with zero attached hydrogens (tertiary/aromatic N) is 1. The van der Waals surface area contributed by atoms with Gasteiger partial charge in [-0.1, -0.05) is 0 Å². The van der Waals surface area contributed by atoms with Gasteiger partial charge in [-0.3, -0.25) is 4.79 Å². The molecule has 1 aromatic carbocycles. The Morgan fingerprint density at radius 2 is 1.95 bits per heavy atom. The first-order chi connectivity index (χ1) is 9.54. The van der Waals surface area contributed by atoms with Crippen LogP contribution in [0.25, 0.3) is 0 Å². The fraction of sp³-hybridized carbons (Fsp3) is 0.0769. The number of amides is 1. The molecule has 7 heteroatoms. The average Bonchev–Trinajstić information content (AvgIpc) is 2.47. The van der Waals surface area contributed by atoms with E-state index in [4.69, 9.17) is 4.74 Å². The molecular weight excluding hydrogens is 273 g/mol. The van der Waals surface area contributed by atoms with Crippen LogP contribution < -0.4 is 10.1 Å². The largest absolute Gasteiger partial charge is 0.480 e. The smallest absolute Gasteiger partial charge is 0.261 e. The van der Waals surface area contributed by atoms with Gasteiger partial charge in [0.05, 0.1) is 12.8 Å². The first kappa shape index (κ1) is 13.9. The van der Waals surface area contributed by atoms with Gasteiger partial charge in [0.15, 0.2) is 17.5 Å². The Labute approximate surface area is 112 Å². The molecule has 20 heavy (non-hydrogen) atoms. The second kappa shape index (κ2) is 5.60. The van der Waals surface area contributed by atoms with Crippen LogP contribution in [0.1, 0.15) is 10.4 Å². The SMILES string of the molecule is COc1ncccc1C(=O)Nc1ccc(F)c(F)c1F. The molecule has 1 heterocycles. The van der Waals surface area contributed by atoms with Crippen molar-refractivity contribution in [3.8, 4) is 5.88 Å². The molecule has 0 spiro atoms. The quantitative estimate of drug-likeness (QED) is 0.881. The maximum absolute atomic E-state index is 13.4. The lowest BCUT2D eigenvalue weighted by molar-refractivity contribution is 0.102. The van der Waals surface area contributed by atoms with Gasteiger partial charge in [0.25, 0.3) is 5.91 Å². The van der Waals surface area contributed by atoms with E-state index < -0.39 is 29.0 Å². The van der Waals surface area contributed by atoms with E-state index in [0.29, 0.717) is 6.07 Å². The van der Waals surface area contributed by atoms with Crippen LogP contribution in [-0.4, -0.2) is 18.0 Å². The molecular formula is C13H9F3N2O2. The van der Waals surface area contributed by atoms with Crippen LogP contribution in [0, 0.1) is 17.5 Å². The van der Waals surface area contributed by atoms with E-state index in [9.17, 15) is 18.0 Å². The highest BCUT2D eigenvalue weighted by atomic mass is 19.2. The van der Waals surface area contributed by atoms with E-state index in [2.05, 4.69) is 10.3 Å². The molecule has 0 saturated carbocycles. The number of nitrogens with one attached hydrogen (secondary N) is 1. The lowest BCUT2D eigenvalue weighted by Gasteiger charge is -2.09. The Balaban J connectivity index is 2.31. The summed E-state index contributed by atoms with van der Waals surface area (Å²) in [6, 6.07) is 4.53. The third kappa shape index (κ3) is 2.56. The van der Waals surface area contributed by atoms with Crippen LogP contribution in [0.4, 0.5) is 18.9 Å². The standard InChI is InChI=1S/C13H9F3N2O2/c1-20-13-7(3-2-6-17-13)12(19)18-9-5-4-8(14)10(15)11(9)16/h2-6H,1H3,(H,18,19). The number of benzene rings is 1. The summed E-state index contributed by atoms with van der Waals surface area (Å²) in [5.74, 6) is -5.17. The molecule has 2 rings (SSSR count). The minimum absolute atomic E-state index is 0.0352. The number of hydrogen-bond donors (Lipinski definition) is 1. The van der Waals surface area contributed by atoms with E-state index in [1.54, 1.807) is 0 Å². The van der Waals surface area contributed by atoms with Gasteiger partial charge in [0.1, 0.15) is 5.56 Å². The van der Waals surface area contributed by atoms with E-state index in [1.807, 2.05) is 0 Å². The summed E-state index contributed by atoms with van der Waals surface area (Å²) in [6.45, 7) is 0. The van der Waals surface area contributed by atoms with E-state index in [-0.39, 0.29) is 11.4 Å². The number of carbonyl (C=O) groups excluding carboxylic acids is 1. The maximum Gasteiger partial charge on any atom is 0.261 e. The second-order valence-electron chi connectivity index (χ2n) is 3.74. The van der Waals surface area contributed by atoms with Crippen LogP contribution in [0.5, 0.6) is 5.88 Å². The second-order valence-corrected chi connectivity index (χ2v) is 3.74. The van der Waals surface area contributed by atoms with Gasteiger partial charge in [-0.05, 0) is 24.3 Å². The van der Waals surface area contributed by atoms with Crippen LogP contribution in [-0.2, 0) is 0 Å². The fourth-order valence-corrected chi connectivity index (χ4v) is 1.54. The molecule has 0 atom stereocenters. The van der Waals surface area contributed by atoms with Crippen LogP contribution >= 0.6 is 0 Å². The number of hydrogen-bond acceptors (Lipinski definition) is 3. The first-order valence-electron chi connectivity index (χ1n) is 5.48. The number of methoxy groups -OCH3 is 1. The summed E-state index contributed by atoms with van der Waals surface area (Å²) >= 11 is 0. The topological polar surface area (TPSA) is 51.2 Å². The summed E-state index contributed by atoms with van der Waals surface area (Å²) in [5, 5.41) is 2.13. The molecule has 0 fully saturated rings. The predicted molar refractivity (Wildman–Crippen MR) is 65.1 cm³/mol. The monoisotopic (exact) mass is 282 g/mol. The average molecular weight is 282 g/mol. The summed E-state index contributed by atoms with van der Waals surface area (Å²) < 4.78 is 44.2. The molecule has 1 N–H and O–H groups in total. The summed E-state index contributed by atoms with van der Waals surface area (Å²) in [7, 11) is 1.32. The van der Waals surface area contributed by atoms with Gasteiger partial charge >= 0.3 is 0 Å². The van der Waals surface area contributed by atoms with Gasteiger partial charge in [0, 0.05) is 6.20 Å². The number of rotatable bonds is 3. The molecule has 104 valence electrons. The Morgan fingerprint density at radius 1 is 1.20 bits per heavy atom. The lowest BCUT2D eigenvalue weighted by atomic mass is 10.2. The van der Waals surface area contributed by atoms with Crippen LogP contribution in [0.15, 0.2) is 30.5 Å². The maximum atomic E-state index is 13.4. The minimum Gasteiger partial charge on any atom is -0.480 e. The van der Waals surface area contributed by atoms with Gasteiger partial charge in [-0.15, -0.1) is 0 Å². The lowest BCUT2D eigenvalue weighted by Crippen LogP contribution is -2.15. The zero-order chi connectivity index (χ0) is 14.7. The normalized spacial score (nSPS) is 10.2. The van der Waals surface area contributed by atoms with Crippen molar-refractivity contribution in [1.82, 2.24) is 4.98 Å². The fourth-order valence-electron chi connectivity index (χ4n) is 1.54. The zero-order valence-electron chi connectivity index (χ0n) is 10.3. The Bertz CT molecular complexity index is 662. The molecule has 0 aliphatic carbocycles. The van der Waals surface area contributed by atoms with Crippen molar-refractivity contribution in [2.24, 2.45) is 0 Å². The molecule has 1 aromatic heterocycles. The van der Waals surface area contributed by atoms with Gasteiger partial charge in [0.2, 0.25) is 5.88 Å².